The predicted octanol–water partition coefficient (Wildman–Crippen LogP) is 0.332. The number of nitrogens with two attached hydrogens (primary N) is 1. The molecule has 112 valence electrons. The molecule has 0 unspecified atom stereocenters. The molecule has 2 rings (SSSR count). The molecule has 1 aliphatic heterocycles. The van der Waals surface area contributed by atoms with Gasteiger partial charge < -0.3 is 15.3 Å². The number of anilines is 3. The molecule has 1 aliphatic rings. The Bertz CT molecular complexity index is 409. The Balaban J connectivity index is 2.03. The maximum Gasteiger partial charge on any atom is 0.243 e. The van der Waals surface area contributed by atoms with Crippen LogP contribution in [0, 0.1) is 0 Å². The summed E-state index contributed by atoms with van der Waals surface area (Å²) in [6.45, 7) is 2.86. The van der Waals surface area contributed by atoms with Gasteiger partial charge in [-0.1, -0.05) is 0 Å². The Morgan fingerprint density at radius 2 is 1.80 bits per heavy atom. The summed E-state index contributed by atoms with van der Waals surface area (Å²) in [5.74, 6) is 6.96. The molecule has 20 heavy (non-hydrogen) atoms. The van der Waals surface area contributed by atoms with Gasteiger partial charge in [-0.15, -0.1) is 0 Å². The molecule has 1 saturated heterocycles. The minimum atomic E-state index is 0.202. The van der Waals surface area contributed by atoms with Crippen molar-refractivity contribution >= 4 is 17.8 Å². The van der Waals surface area contributed by atoms with Crippen LogP contribution in [0.5, 0.6) is 0 Å². The van der Waals surface area contributed by atoms with Crippen LogP contribution in [-0.2, 0) is 0 Å². The van der Waals surface area contributed by atoms with E-state index in [1.54, 1.807) is 0 Å². The second-order valence-corrected chi connectivity index (χ2v) is 4.83. The van der Waals surface area contributed by atoms with E-state index in [9.17, 15) is 0 Å². The van der Waals surface area contributed by atoms with Gasteiger partial charge in [0.25, 0.3) is 0 Å². The maximum absolute atomic E-state index is 8.76. The average Bonchev–Trinajstić information content (AvgIpc) is 2.52. The molecule has 8 nitrogen and oxygen atoms in total. The molecule has 5 N–H and O–H groups in total. The molecule has 0 aliphatic carbocycles. The molecule has 0 atom stereocenters. The third-order valence-electron chi connectivity index (χ3n) is 3.26. The van der Waals surface area contributed by atoms with E-state index in [2.05, 4.69) is 30.6 Å². The van der Waals surface area contributed by atoms with E-state index in [1.807, 2.05) is 0 Å². The number of aromatic nitrogens is 3. The van der Waals surface area contributed by atoms with Crippen LogP contribution in [0.2, 0.25) is 0 Å². The smallest absolute Gasteiger partial charge is 0.243 e. The van der Waals surface area contributed by atoms with Crippen LogP contribution < -0.4 is 21.5 Å². The van der Waals surface area contributed by atoms with Gasteiger partial charge in [0.1, 0.15) is 0 Å². The van der Waals surface area contributed by atoms with Gasteiger partial charge in [-0.3, -0.25) is 5.43 Å². The van der Waals surface area contributed by atoms with Gasteiger partial charge in [0, 0.05) is 26.2 Å². The normalized spacial score (nSPS) is 15.2. The summed E-state index contributed by atoms with van der Waals surface area (Å²) < 4.78 is 0. The van der Waals surface area contributed by atoms with E-state index < -0.39 is 0 Å². The summed E-state index contributed by atoms with van der Waals surface area (Å²) in [5.41, 5.74) is 2.48. The highest BCUT2D eigenvalue weighted by Crippen LogP contribution is 2.18. The Labute approximate surface area is 118 Å². The van der Waals surface area contributed by atoms with Crippen molar-refractivity contribution in [2.24, 2.45) is 5.84 Å². The number of hydrogen-bond donors (Lipinski definition) is 4. The lowest BCUT2D eigenvalue weighted by molar-refractivity contribution is 0.286. The van der Waals surface area contributed by atoms with Crippen LogP contribution in [0.4, 0.5) is 17.8 Å². The zero-order valence-electron chi connectivity index (χ0n) is 11.7. The first-order valence-corrected chi connectivity index (χ1v) is 7.16. The molecule has 0 radical (unpaired) electrons. The van der Waals surface area contributed by atoms with Gasteiger partial charge in [0.15, 0.2) is 0 Å². The molecule has 0 aromatic carbocycles. The summed E-state index contributed by atoms with van der Waals surface area (Å²) in [5, 5.41) is 11.9. The fraction of sp³-hybridized carbons (Fsp3) is 0.750. The standard InChI is InChI=1S/C12H23N7O/c13-18-11-15-10(14-6-2-5-9-20)16-12(17-11)19-7-3-1-4-8-19/h20H,1-9,13H2,(H2,14,15,16,17,18). The molecule has 1 aromatic heterocycles. The second-order valence-electron chi connectivity index (χ2n) is 4.83. The fourth-order valence-electron chi connectivity index (χ4n) is 2.18. The van der Waals surface area contributed by atoms with Crippen molar-refractivity contribution in [3.8, 4) is 0 Å². The van der Waals surface area contributed by atoms with Crippen molar-refractivity contribution in [3.05, 3.63) is 0 Å². The van der Waals surface area contributed by atoms with Gasteiger partial charge in [-0.2, -0.15) is 15.0 Å². The number of rotatable bonds is 7. The topological polar surface area (TPSA) is 112 Å². The van der Waals surface area contributed by atoms with Crippen LogP contribution in [0.3, 0.4) is 0 Å². The minimum Gasteiger partial charge on any atom is -0.396 e. The van der Waals surface area contributed by atoms with Crippen molar-refractivity contribution in [2.45, 2.75) is 32.1 Å². The Morgan fingerprint density at radius 1 is 1.05 bits per heavy atom. The minimum absolute atomic E-state index is 0.202. The third kappa shape index (κ3) is 4.17. The van der Waals surface area contributed by atoms with Crippen LogP contribution in [-0.4, -0.2) is 46.3 Å². The number of nitrogens with one attached hydrogen (secondary N) is 2. The number of piperidine rings is 1. The Hall–Kier alpha value is -1.67. The van der Waals surface area contributed by atoms with Gasteiger partial charge in [-0.05, 0) is 32.1 Å². The van der Waals surface area contributed by atoms with E-state index in [1.165, 1.54) is 6.42 Å². The van der Waals surface area contributed by atoms with E-state index in [-0.39, 0.29) is 6.61 Å². The number of unbranched alkanes of at least 4 members (excludes halogenated alkanes) is 1. The quantitative estimate of drug-likeness (QED) is 0.321. The van der Waals surface area contributed by atoms with Crippen LogP contribution >= 0.6 is 0 Å². The van der Waals surface area contributed by atoms with Gasteiger partial charge in [-0.25, -0.2) is 5.84 Å². The highest BCUT2D eigenvalue weighted by molar-refractivity contribution is 5.43. The number of hydrogen-bond acceptors (Lipinski definition) is 8. The second kappa shape index (κ2) is 7.81. The Morgan fingerprint density at radius 3 is 2.50 bits per heavy atom. The highest BCUT2D eigenvalue weighted by Gasteiger charge is 2.15. The number of aliphatic hydroxyl groups is 1. The zero-order chi connectivity index (χ0) is 14.2. The monoisotopic (exact) mass is 281 g/mol. The van der Waals surface area contributed by atoms with Gasteiger partial charge >= 0.3 is 0 Å². The molecule has 0 spiro atoms. The van der Waals surface area contributed by atoms with E-state index in [4.69, 9.17) is 10.9 Å². The lowest BCUT2D eigenvalue weighted by Crippen LogP contribution is -2.31. The van der Waals surface area contributed by atoms with Crippen LogP contribution in [0.1, 0.15) is 32.1 Å². The third-order valence-corrected chi connectivity index (χ3v) is 3.26. The summed E-state index contributed by atoms with van der Waals surface area (Å²) >= 11 is 0. The molecular formula is C12H23N7O. The Kier molecular flexibility index (Phi) is 5.75. The van der Waals surface area contributed by atoms with Crippen LogP contribution in [0.25, 0.3) is 0 Å². The number of hydrazine groups is 1. The van der Waals surface area contributed by atoms with Gasteiger partial charge in [0.2, 0.25) is 17.8 Å². The summed E-state index contributed by atoms with van der Waals surface area (Å²) in [4.78, 5) is 15.1. The van der Waals surface area contributed by atoms with Crippen molar-refractivity contribution in [3.63, 3.8) is 0 Å². The molecule has 8 heteroatoms. The summed E-state index contributed by atoms with van der Waals surface area (Å²) in [6, 6.07) is 0. The molecule has 1 aromatic rings. The van der Waals surface area contributed by atoms with E-state index in [0.29, 0.717) is 24.4 Å². The van der Waals surface area contributed by atoms with Crippen molar-refractivity contribution in [1.29, 1.82) is 0 Å². The molecule has 2 heterocycles. The first kappa shape index (κ1) is 14.7. The van der Waals surface area contributed by atoms with Gasteiger partial charge in [0.05, 0.1) is 0 Å². The molecular weight excluding hydrogens is 258 g/mol. The van der Waals surface area contributed by atoms with Crippen molar-refractivity contribution in [2.75, 3.05) is 41.9 Å². The average molecular weight is 281 g/mol. The summed E-state index contributed by atoms with van der Waals surface area (Å²) in [7, 11) is 0. The first-order chi connectivity index (χ1) is 9.83. The lowest BCUT2D eigenvalue weighted by atomic mass is 10.1. The van der Waals surface area contributed by atoms with E-state index >= 15 is 0 Å². The molecule has 0 saturated carbocycles. The fourth-order valence-corrected chi connectivity index (χ4v) is 2.18. The zero-order valence-corrected chi connectivity index (χ0v) is 11.7. The molecule has 0 amide bonds. The van der Waals surface area contributed by atoms with Crippen molar-refractivity contribution < 1.29 is 5.11 Å². The maximum atomic E-state index is 8.76. The van der Waals surface area contributed by atoms with E-state index in [0.717, 1.165) is 38.8 Å². The molecule has 0 bridgehead atoms. The highest BCUT2D eigenvalue weighted by atomic mass is 16.2. The summed E-state index contributed by atoms with van der Waals surface area (Å²) in [6.07, 6.45) is 5.22. The number of aliphatic hydroxyl groups excluding tert-OH is 1. The van der Waals surface area contributed by atoms with Crippen LogP contribution in [0.15, 0.2) is 0 Å². The molecule has 1 fully saturated rings. The van der Waals surface area contributed by atoms with Crippen molar-refractivity contribution in [1.82, 2.24) is 15.0 Å². The number of nitrogens with zero attached hydrogens (tertiary/aromatic N) is 4. The first-order valence-electron chi connectivity index (χ1n) is 7.16. The SMILES string of the molecule is NNc1nc(NCCCCO)nc(N2CCCCC2)n1. The largest absolute Gasteiger partial charge is 0.396 e. The predicted molar refractivity (Wildman–Crippen MR) is 78.5 cm³/mol. The lowest BCUT2D eigenvalue weighted by Gasteiger charge is -2.26. The number of nitrogen functional groups attached to an aromatic ring is 1.